The molecular weight excluding hydrogens is 470 g/mol. The van der Waals surface area contributed by atoms with E-state index in [1.807, 2.05) is 30.6 Å². The normalized spacial score (nSPS) is 20.1. The fourth-order valence-corrected chi connectivity index (χ4v) is 5.50. The van der Waals surface area contributed by atoms with E-state index in [-0.39, 0.29) is 17.6 Å². The molecule has 196 valence electrons. The number of nitrogens with one attached hydrogen (secondary N) is 3. The van der Waals surface area contributed by atoms with E-state index >= 15 is 0 Å². The topological polar surface area (TPSA) is 86.5 Å². The third kappa shape index (κ3) is 5.30. The minimum Gasteiger partial charge on any atom is -0.341 e. The maximum absolute atomic E-state index is 12.8. The largest absolute Gasteiger partial charge is 0.341 e. The van der Waals surface area contributed by atoms with Crippen molar-refractivity contribution in [1.29, 1.82) is 0 Å². The molecule has 6 heteroatoms. The zero-order valence-electron chi connectivity index (χ0n) is 22.3. The van der Waals surface area contributed by atoms with Crippen molar-refractivity contribution in [3.05, 3.63) is 78.1 Å². The lowest BCUT2D eigenvalue weighted by Gasteiger charge is -2.28. The van der Waals surface area contributed by atoms with Gasteiger partial charge in [-0.05, 0) is 56.4 Å². The van der Waals surface area contributed by atoms with Gasteiger partial charge in [-0.15, -0.1) is 12.3 Å². The molecule has 0 spiro atoms. The van der Waals surface area contributed by atoms with Crippen molar-refractivity contribution in [2.24, 2.45) is 5.92 Å². The van der Waals surface area contributed by atoms with E-state index in [1.165, 1.54) is 12.0 Å². The Morgan fingerprint density at radius 2 is 2.05 bits per heavy atom. The van der Waals surface area contributed by atoms with Crippen LogP contribution < -0.4 is 5.32 Å². The first kappa shape index (κ1) is 25.9. The second-order valence-electron chi connectivity index (χ2n) is 10.4. The molecule has 1 aromatic carbocycles. The van der Waals surface area contributed by atoms with Gasteiger partial charge in [-0.2, -0.15) is 0 Å². The molecule has 1 aliphatic carbocycles. The molecule has 0 saturated carbocycles. The van der Waals surface area contributed by atoms with Crippen molar-refractivity contribution < 1.29 is 4.79 Å². The van der Waals surface area contributed by atoms with Gasteiger partial charge in [0.1, 0.15) is 11.6 Å². The number of hydrogen-bond acceptors (Lipinski definition) is 4. The summed E-state index contributed by atoms with van der Waals surface area (Å²) in [6.45, 7) is 9.26. The molecule has 1 aliphatic heterocycles. The number of nitrogens with zero attached hydrogens (tertiary/aromatic N) is 2. The van der Waals surface area contributed by atoms with E-state index in [2.05, 4.69) is 57.2 Å². The number of carbonyl (C=O) groups is 1. The maximum Gasteiger partial charge on any atom is 0.160 e. The summed E-state index contributed by atoms with van der Waals surface area (Å²) in [6, 6.07) is 6.34. The average Bonchev–Trinajstić information content (AvgIpc) is 3.71. The third-order valence-corrected chi connectivity index (χ3v) is 7.70. The van der Waals surface area contributed by atoms with E-state index < -0.39 is 0 Å². The van der Waals surface area contributed by atoms with E-state index in [0.29, 0.717) is 11.6 Å². The number of allylic oxidation sites excluding steroid dienone is 4. The minimum atomic E-state index is -0.0315. The first-order valence-corrected chi connectivity index (χ1v) is 13.7. The second kappa shape index (κ2) is 11.4. The van der Waals surface area contributed by atoms with Gasteiger partial charge in [0, 0.05) is 11.1 Å². The van der Waals surface area contributed by atoms with Crippen LogP contribution in [0.3, 0.4) is 0 Å². The van der Waals surface area contributed by atoms with Crippen LogP contribution in [-0.4, -0.2) is 32.3 Å². The van der Waals surface area contributed by atoms with Crippen LogP contribution in [0.15, 0.2) is 42.7 Å². The van der Waals surface area contributed by atoms with Crippen LogP contribution in [0.5, 0.6) is 0 Å². The molecule has 3 N–H and O–H groups in total. The summed E-state index contributed by atoms with van der Waals surface area (Å²) >= 11 is 0. The lowest BCUT2D eigenvalue weighted by atomic mass is 9.81. The molecule has 3 unspecified atom stereocenters. The van der Waals surface area contributed by atoms with Gasteiger partial charge in [0.05, 0.1) is 35.7 Å². The average molecular weight is 507 g/mol. The zero-order valence-corrected chi connectivity index (χ0v) is 22.3. The van der Waals surface area contributed by atoms with Crippen molar-refractivity contribution in [2.45, 2.75) is 64.3 Å². The van der Waals surface area contributed by atoms with Crippen molar-refractivity contribution in [3.63, 3.8) is 0 Å². The fourth-order valence-electron chi connectivity index (χ4n) is 5.50. The Morgan fingerprint density at radius 1 is 1.21 bits per heavy atom. The first-order valence-electron chi connectivity index (χ1n) is 13.7. The second-order valence-corrected chi connectivity index (χ2v) is 10.4. The van der Waals surface area contributed by atoms with E-state index in [4.69, 9.17) is 6.42 Å². The molecule has 38 heavy (non-hydrogen) atoms. The highest BCUT2D eigenvalue weighted by Gasteiger charge is 2.22. The van der Waals surface area contributed by atoms with Crippen molar-refractivity contribution >= 4 is 16.9 Å². The summed E-state index contributed by atoms with van der Waals surface area (Å²) in [7, 11) is 0. The highest BCUT2D eigenvalue weighted by molar-refractivity contribution is 6.01. The molecule has 6 nitrogen and oxygen atoms in total. The molecule has 5 rings (SSSR count). The lowest BCUT2D eigenvalue weighted by Crippen LogP contribution is -2.14. The van der Waals surface area contributed by atoms with E-state index in [9.17, 15) is 4.79 Å². The number of terminal acetylenes is 1. The van der Waals surface area contributed by atoms with E-state index in [1.54, 1.807) is 6.92 Å². The van der Waals surface area contributed by atoms with Crippen LogP contribution in [0, 0.1) is 25.2 Å². The number of unbranched alkanes of at least 4 members (excludes halogenated alkanes) is 1. The number of Topliss-reactive ketones (excluding diaryl/α,β-unsaturated/α-hetero) is 1. The van der Waals surface area contributed by atoms with Crippen LogP contribution in [0.1, 0.15) is 97.6 Å². The number of imidazole rings is 2. The van der Waals surface area contributed by atoms with Crippen molar-refractivity contribution in [2.75, 3.05) is 6.54 Å². The number of H-pyrrole nitrogens is 2. The highest BCUT2D eigenvalue weighted by atomic mass is 16.1. The van der Waals surface area contributed by atoms with Crippen LogP contribution in [-0.2, 0) is 0 Å². The summed E-state index contributed by atoms with van der Waals surface area (Å²) in [5.41, 5.74) is 6.69. The Kier molecular flexibility index (Phi) is 7.76. The predicted octanol–water partition coefficient (Wildman–Crippen LogP) is 6.65. The van der Waals surface area contributed by atoms with Gasteiger partial charge in [0.15, 0.2) is 5.78 Å². The Labute approximate surface area is 225 Å². The van der Waals surface area contributed by atoms with Crippen LogP contribution >= 0.6 is 0 Å². The number of aromatic amines is 2. The lowest BCUT2D eigenvalue weighted by molar-refractivity contribution is 0.101. The van der Waals surface area contributed by atoms with Gasteiger partial charge in [0.25, 0.3) is 0 Å². The number of aromatic nitrogens is 4. The van der Waals surface area contributed by atoms with Gasteiger partial charge < -0.3 is 22.2 Å². The van der Waals surface area contributed by atoms with Crippen LogP contribution in [0.4, 0.5) is 0 Å². The van der Waals surface area contributed by atoms with Crippen molar-refractivity contribution in [3.8, 4) is 23.6 Å². The first-order chi connectivity index (χ1) is 18.5. The van der Waals surface area contributed by atoms with Crippen LogP contribution in [0.25, 0.3) is 22.4 Å². The molecular formula is C32H36N5O-. The minimum absolute atomic E-state index is 0.0176. The highest BCUT2D eigenvalue weighted by Crippen LogP contribution is 2.38. The predicted molar refractivity (Wildman–Crippen MR) is 153 cm³/mol. The SMILES string of the molecule is C#CC(CCCC)c1ncc(-c2ccc(C3=CC=C(c4cnc(C5CCCN5)[nH]4)CC3[CH2-])c(C(C)=O)c2)[nH]1. The molecule has 2 aliphatic rings. The summed E-state index contributed by atoms with van der Waals surface area (Å²) in [5.74, 6) is 4.68. The van der Waals surface area contributed by atoms with Gasteiger partial charge in [-0.25, -0.2) is 9.97 Å². The molecule has 0 bridgehead atoms. The molecule has 0 amide bonds. The molecule has 3 atom stereocenters. The number of benzene rings is 1. The number of hydrogen-bond donors (Lipinski definition) is 3. The van der Waals surface area contributed by atoms with Crippen molar-refractivity contribution in [1.82, 2.24) is 25.3 Å². The Bertz CT molecular complexity index is 1410. The number of ketones is 1. The Morgan fingerprint density at radius 3 is 2.76 bits per heavy atom. The number of carbonyl (C=O) groups excluding carboxylic acids is 1. The third-order valence-electron chi connectivity index (χ3n) is 7.70. The molecule has 3 aromatic rings. The molecule has 1 fully saturated rings. The van der Waals surface area contributed by atoms with Crippen LogP contribution in [0.2, 0.25) is 0 Å². The van der Waals surface area contributed by atoms with Gasteiger partial charge in [-0.1, -0.05) is 55.5 Å². The molecule has 1 saturated heterocycles. The number of rotatable bonds is 9. The quantitative estimate of drug-likeness (QED) is 0.172. The maximum atomic E-state index is 12.8. The molecule has 0 radical (unpaired) electrons. The Hall–Kier alpha value is -3.69. The van der Waals surface area contributed by atoms with Gasteiger partial charge in [-0.3, -0.25) is 4.79 Å². The zero-order chi connectivity index (χ0) is 26.6. The smallest absolute Gasteiger partial charge is 0.160 e. The monoisotopic (exact) mass is 506 g/mol. The van der Waals surface area contributed by atoms with E-state index in [0.717, 1.165) is 78.4 Å². The van der Waals surface area contributed by atoms with Gasteiger partial charge >= 0.3 is 0 Å². The van der Waals surface area contributed by atoms with Gasteiger partial charge in [0.2, 0.25) is 0 Å². The molecule has 3 heterocycles. The summed E-state index contributed by atoms with van der Waals surface area (Å²) in [5, 5.41) is 3.49. The standard InChI is InChI=1S/C32H36N5O/c1-5-7-9-22(6-2)31-34-18-30(36-31)24-12-14-26(27(17-24)21(4)38)25-13-11-23(16-20(25)3)29-19-35-32(37-29)28-10-8-15-33-28/h2,11-14,17-20,22,28,33H,3,5,7-10,15-16H2,1,4H3,(H,34,36)(H,35,37)/q-1. The fraction of sp³-hybridized carbons (Fsp3) is 0.375. The molecule has 2 aromatic heterocycles. The Balaban J connectivity index is 1.41. The summed E-state index contributed by atoms with van der Waals surface area (Å²) in [4.78, 5) is 28.8. The summed E-state index contributed by atoms with van der Waals surface area (Å²) in [6.07, 6.45) is 19.9. The summed E-state index contributed by atoms with van der Waals surface area (Å²) < 4.78 is 0.